The first-order chi connectivity index (χ1) is 41.4. The number of carbonyl (C=O) groups is 2. The Morgan fingerprint density at radius 2 is 1.16 bits per heavy atom. The zero-order valence-corrected chi connectivity index (χ0v) is 47.7. The monoisotopic (exact) mass is 1140 g/mol. The molecule has 12 heterocycles. The number of nitriles is 1. The van der Waals surface area contributed by atoms with Crippen LogP contribution in [0.1, 0.15) is 113 Å². The highest BCUT2D eigenvalue weighted by atomic mass is 19.1. The third-order valence-electron chi connectivity index (χ3n) is 20.7. The Hall–Kier alpha value is -8.21. The van der Waals surface area contributed by atoms with Gasteiger partial charge in [0.05, 0.1) is 57.4 Å². The number of halogens is 2. The van der Waals surface area contributed by atoms with E-state index in [1.54, 1.807) is 12.4 Å². The van der Waals surface area contributed by atoms with Gasteiger partial charge in [0, 0.05) is 61.1 Å². The van der Waals surface area contributed by atoms with Gasteiger partial charge in [-0.3, -0.25) is 29.4 Å². The van der Waals surface area contributed by atoms with Gasteiger partial charge >= 0.3 is 12.0 Å². The Labute approximate surface area is 490 Å². The lowest BCUT2D eigenvalue weighted by Gasteiger charge is -2.49. The first-order valence-corrected chi connectivity index (χ1v) is 30.5. The molecular formula is C66H65F2N13O4. The molecule has 0 radical (unpaired) electrons. The summed E-state index contributed by atoms with van der Waals surface area (Å²) in [6.45, 7) is 7.92. The van der Waals surface area contributed by atoms with Gasteiger partial charge in [-0.25, -0.2) is 8.78 Å². The van der Waals surface area contributed by atoms with Crippen LogP contribution in [0, 0.1) is 29.9 Å². The van der Waals surface area contributed by atoms with Crippen LogP contribution in [0.2, 0.25) is 0 Å². The van der Waals surface area contributed by atoms with Crippen molar-refractivity contribution in [1.82, 2.24) is 50.3 Å². The number of β-lactam (4-membered cyclic amide) rings is 2. The van der Waals surface area contributed by atoms with E-state index in [1.165, 1.54) is 0 Å². The van der Waals surface area contributed by atoms with Crippen molar-refractivity contribution < 1.29 is 27.8 Å². The van der Waals surface area contributed by atoms with E-state index in [0.717, 1.165) is 124 Å². The van der Waals surface area contributed by atoms with E-state index < -0.39 is 17.2 Å². The van der Waals surface area contributed by atoms with Crippen LogP contribution in [0.5, 0.6) is 12.0 Å². The zero-order chi connectivity index (χ0) is 57.4. The average molecular weight is 1140 g/mol. The van der Waals surface area contributed by atoms with Gasteiger partial charge in [0.1, 0.15) is 47.3 Å². The summed E-state index contributed by atoms with van der Waals surface area (Å²) < 4.78 is 48.9. The van der Waals surface area contributed by atoms with Gasteiger partial charge in [0.25, 0.3) is 0 Å². The average Bonchev–Trinajstić information content (AvgIpc) is 2.56. The van der Waals surface area contributed by atoms with Crippen LogP contribution in [-0.4, -0.2) is 133 Å². The van der Waals surface area contributed by atoms with E-state index in [0.29, 0.717) is 90.1 Å². The molecule has 8 fully saturated rings. The number of pyridine rings is 2. The van der Waals surface area contributed by atoms with Gasteiger partial charge in [0.15, 0.2) is 11.6 Å². The summed E-state index contributed by atoms with van der Waals surface area (Å²) in [5.74, 6) is -0.0777. The predicted octanol–water partition coefficient (Wildman–Crippen LogP) is 9.94. The normalized spacial score (nSPS) is 25.4. The Morgan fingerprint density at radius 3 is 1.76 bits per heavy atom. The lowest BCUT2D eigenvalue weighted by molar-refractivity contribution is -0.134. The molecule has 4 atom stereocenters. The van der Waals surface area contributed by atoms with E-state index in [9.17, 15) is 14.9 Å². The molecule has 8 saturated heterocycles. The van der Waals surface area contributed by atoms with E-state index >= 15 is 8.78 Å². The number of fused-ring (bicyclic) bond motifs is 6. The molecule has 8 aromatic rings. The third kappa shape index (κ3) is 8.39. The van der Waals surface area contributed by atoms with Crippen molar-refractivity contribution in [3.05, 3.63) is 107 Å². The number of hydrogen-bond acceptors (Lipinski definition) is 15. The van der Waals surface area contributed by atoms with Gasteiger partial charge in [-0.15, -0.1) is 0 Å². The van der Waals surface area contributed by atoms with Crippen molar-refractivity contribution >= 4 is 66.8 Å². The molecule has 432 valence electrons. The molecule has 19 heteroatoms. The van der Waals surface area contributed by atoms with Crippen LogP contribution in [0.25, 0.3) is 65.9 Å². The van der Waals surface area contributed by atoms with Gasteiger partial charge in [-0.1, -0.05) is 60.7 Å². The van der Waals surface area contributed by atoms with Crippen LogP contribution < -0.4 is 29.9 Å². The standard InChI is InChI=1S/C66H65F2N13O4/c1-39-10-2-11-40-12-3-14-44(51(39)40)55-53(67)57-46(33-70-55)60(79-26-6-20-64(36-79)31-50(83)77-64)75-62(73-57)85-38-66-23-9-29-81(66)48(18-24-66)42-17-16-41(32-69)52-43(42)13-4-15-45(52)56-54(68)58-47(34-71-56)59(78-25-5-19-63(35-78)30-49(82)76-63)74-61(72-58)84-37-65-21-7-27-80(65)28-8-22-65/h2-4,10-17,33-34,48H,5-9,18-31,35-38H2,1H3,(H,76,82)(H,77,83). The maximum absolute atomic E-state index is 18.0. The fraction of sp³-hybridized carbons (Fsp3) is 0.439. The van der Waals surface area contributed by atoms with E-state index in [1.807, 2.05) is 73.7 Å². The maximum atomic E-state index is 18.0. The molecule has 0 aliphatic carbocycles. The zero-order valence-electron chi connectivity index (χ0n) is 47.7. The molecule has 2 spiro atoms. The number of hydrogen-bond donors (Lipinski definition) is 2. The summed E-state index contributed by atoms with van der Waals surface area (Å²) in [6, 6.07) is 24.1. The Bertz CT molecular complexity index is 4160. The summed E-state index contributed by atoms with van der Waals surface area (Å²) in [4.78, 5) is 63.4. The van der Waals surface area contributed by atoms with Crippen molar-refractivity contribution in [3.8, 4) is 40.6 Å². The second-order valence-electron chi connectivity index (χ2n) is 25.7. The van der Waals surface area contributed by atoms with Gasteiger partial charge in [-0.2, -0.15) is 25.2 Å². The summed E-state index contributed by atoms with van der Waals surface area (Å²) in [5.41, 5.74) is 2.84. The Balaban J connectivity index is 0.739. The number of anilines is 2. The fourth-order valence-electron chi connectivity index (χ4n) is 16.7. The summed E-state index contributed by atoms with van der Waals surface area (Å²) in [7, 11) is 0. The number of carbonyl (C=O) groups excluding carboxylic acids is 2. The molecule has 4 aromatic heterocycles. The Morgan fingerprint density at radius 1 is 0.624 bits per heavy atom. The van der Waals surface area contributed by atoms with Crippen molar-refractivity contribution in [2.24, 2.45) is 0 Å². The minimum absolute atomic E-state index is 0.0229. The van der Waals surface area contributed by atoms with Crippen LogP contribution in [-0.2, 0) is 9.59 Å². The first kappa shape index (κ1) is 52.4. The quantitative estimate of drug-likeness (QED) is 0.116. The first-order valence-electron chi connectivity index (χ1n) is 30.5. The number of nitrogens with zero attached hydrogens (tertiary/aromatic N) is 11. The smallest absolute Gasteiger partial charge is 0.319 e. The van der Waals surface area contributed by atoms with E-state index in [4.69, 9.17) is 39.4 Å². The molecule has 2 N–H and O–H groups in total. The van der Waals surface area contributed by atoms with Crippen LogP contribution in [0.15, 0.2) is 79.1 Å². The largest absolute Gasteiger partial charge is 0.461 e. The molecule has 8 aliphatic rings. The Kier molecular flexibility index (Phi) is 12.1. The molecule has 2 amide bonds. The lowest BCUT2D eigenvalue weighted by Crippen LogP contribution is -2.68. The molecule has 0 saturated carbocycles. The second kappa shape index (κ2) is 19.7. The minimum Gasteiger partial charge on any atom is -0.461 e. The van der Waals surface area contributed by atoms with Crippen LogP contribution >= 0.6 is 0 Å². The van der Waals surface area contributed by atoms with E-state index in [2.05, 4.69) is 36.3 Å². The molecule has 17 nitrogen and oxygen atoms in total. The van der Waals surface area contributed by atoms with Crippen LogP contribution in [0.4, 0.5) is 20.4 Å². The number of ether oxygens (including phenoxy) is 2. The van der Waals surface area contributed by atoms with Crippen molar-refractivity contribution in [3.63, 3.8) is 0 Å². The van der Waals surface area contributed by atoms with Crippen molar-refractivity contribution in [2.45, 2.75) is 125 Å². The predicted molar refractivity (Wildman–Crippen MR) is 318 cm³/mol. The number of piperidine rings is 2. The minimum atomic E-state index is -0.626. The molecule has 0 bridgehead atoms. The van der Waals surface area contributed by atoms with Crippen molar-refractivity contribution in [1.29, 1.82) is 5.26 Å². The highest BCUT2D eigenvalue weighted by Gasteiger charge is 2.52. The number of nitrogens with one attached hydrogen (secondary N) is 2. The van der Waals surface area contributed by atoms with Crippen molar-refractivity contribution in [2.75, 3.05) is 68.8 Å². The molecule has 8 aliphatic heterocycles. The highest BCUT2D eigenvalue weighted by molar-refractivity contribution is 6.04. The highest BCUT2D eigenvalue weighted by Crippen LogP contribution is 2.52. The summed E-state index contributed by atoms with van der Waals surface area (Å²) in [6.07, 6.45) is 15.2. The van der Waals surface area contributed by atoms with E-state index in [-0.39, 0.29) is 75.5 Å². The lowest BCUT2D eigenvalue weighted by atomic mass is 9.79. The fourth-order valence-corrected chi connectivity index (χ4v) is 16.7. The third-order valence-corrected chi connectivity index (χ3v) is 20.7. The number of rotatable bonds is 11. The molecule has 4 aromatic carbocycles. The maximum Gasteiger partial charge on any atom is 0.319 e. The molecular weight excluding hydrogens is 1080 g/mol. The second-order valence-corrected chi connectivity index (χ2v) is 25.7. The number of aryl methyl sites for hydroxylation is 1. The van der Waals surface area contributed by atoms with Crippen LogP contribution in [0.3, 0.4) is 0 Å². The SMILES string of the molecule is Cc1cccc2cccc(-c3ncc4c(N5CCCC6(CC(=O)N6)C5)nc(OCC56CCCN5C(c5ccc(C#N)c7c(-c8ncc9c(N%10CCCC%11(CC(=O)N%11)C%10)nc(OCC%10%11CCCN%10CCC%11)nc9c8F)cccc57)CC6)nc4c3F)c12. The van der Waals surface area contributed by atoms with Gasteiger partial charge in [0.2, 0.25) is 11.8 Å². The number of aromatic nitrogens is 6. The number of amides is 2. The summed E-state index contributed by atoms with van der Waals surface area (Å²) in [5, 5.41) is 21.4. The molecule has 85 heavy (non-hydrogen) atoms. The molecule has 4 unspecified atom stereocenters. The summed E-state index contributed by atoms with van der Waals surface area (Å²) >= 11 is 0. The number of benzene rings is 4. The topological polar surface area (TPSA) is 191 Å². The molecule has 16 rings (SSSR count). The van der Waals surface area contributed by atoms with Gasteiger partial charge < -0.3 is 29.9 Å². The van der Waals surface area contributed by atoms with Gasteiger partial charge in [-0.05, 0) is 137 Å².